The second-order valence-electron chi connectivity index (χ2n) is 2.88. The van der Waals surface area contributed by atoms with Gasteiger partial charge in [-0.2, -0.15) is 0 Å². The summed E-state index contributed by atoms with van der Waals surface area (Å²) in [5, 5.41) is 4.31. The minimum atomic E-state index is 0.866. The summed E-state index contributed by atoms with van der Waals surface area (Å²) in [5.74, 6) is 0. The molecule has 1 radical (unpaired) electrons. The Kier molecular flexibility index (Phi) is 1.55. The van der Waals surface area contributed by atoms with Gasteiger partial charge in [0.15, 0.2) is 0 Å². The third-order valence-corrected chi connectivity index (χ3v) is 2.05. The third kappa shape index (κ3) is 1.21. The van der Waals surface area contributed by atoms with Gasteiger partial charge in [0.25, 0.3) is 0 Å². The summed E-state index contributed by atoms with van der Waals surface area (Å²) in [5.41, 5.74) is 9.23. The van der Waals surface area contributed by atoms with Crippen LogP contribution < -0.4 is 11.1 Å². The molecule has 0 fully saturated rings. The fourth-order valence-corrected chi connectivity index (χ4v) is 1.43. The second kappa shape index (κ2) is 2.55. The molecule has 2 nitrogen and oxygen atoms in total. The number of nitrogens with zero attached hydrogens (tertiary/aromatic N) is 1. The van der Waals surface area contributed by atoms with Crippen LogP contribution in [-0.2, 0) is 13.0 Å². The van der Waals surface area contributed by atoms with Crippen molar-refractivity contribution in [1.29, 1.82) is 0 Å². The highest BCUT2D eigenvalue weighted by Gasteiger charge is 2.07. The van der Waals surface area contributed by atoms with Gasteiger partial charge < -0.3 is 5.73 Å². The molecule has 57 valence electrons. The molecule has 1 aliphatic rings. The molecule has 0 amide bonds. The summed E-state index contributed by atoms with van der Waals surface area (Å²) in [6.07, 6.45) is 1.06. The summed E-state index contributed by atoms with van der Waals surface area (Å²) in [6, 6.07) is 6.08. The van der Waals surface area contributed by atoms with Crippen molar-refractivity contribution in [3.05, 3.63) is 29.3 Å². The Morgan fingerprint density at radius 1 is 1.27 bits per heavy atom. The molecule has 1 heterocycles. The first-order valence-corrected chi connectivity index (χ1v) is 3.87. The molecule has 2 heteroatoms. The maximum absolute atomic E-state index is 5.65. The maximum Gasteiger partial charge on any atom is 0.0387 e. The molecule has 2 rings (SSSR count). The van der Waals surface area contributed by atoms with Crippen LogP contribution in [0.15, 0.2) is 18.2 Å². The third-order valence-electron chi connectivity index (χ3n) is 2.05. The van der Waals surface area contributed by atoms with E-state index in [4.69, 9.17) is 5.73 Å². The molecule has 0 unspecified atom stereocenters. The highest BCUT2D eigenvalue weighted by atomic mass is 14.9. The molecule has 0 saturated heterocycles. The largest absolute Gasteiger partial charge is 0.399 e. The number of hydrogen-bond acceptors (Lipinski definition) is 1. The number of rotatable bonds is 0. The normalized spacial score (nSPS) is 16.0. The van der Waals surface area contributed by atoms with Gasteiger partial charge in [0.1, 0.15) is 0 Å². The second-order valence-corrected chi connectivity index (χ2v) is 2.88. The minimum Gasteiger partial charge on any atom is -0.399 e. The van der Waals surface area contributed by atoms with Crippen molar-refractivity contribution < 1.29 is 0 Å². The number of nitrogens with two attached hydrogens (primary N) is 1. The van der Waals surface area contributed by atoms with E-state index in [1.165, 1.54) is 11.1 Å². The SMILES string of the molecule is Nc1ccc2c(c1)CC[N]C2. The van der Waals surface area contributed by atoms with Crippen LogP contribution in [0.3, 0.4) is 0 Å². The highest BCUT2D eigenvalue weighted by Crippen LogP contribution is 2.17. The van der Waals surface area contributed by atoms with Gasteiger partial charge in [0, 0.05) is 18.8 Å². The average molecular weight is 147 g/mol. The Bertz CT molecular complexity index is 268. The maximum atomic E-state index is 5.65. The average Bonchev–Trinajstić information content (AvgIpc) is 2.04. The van der Waals surface area contributed by atoms with E-state index in [1.807, 2.05) is 6.07 Å². The lowest BCUT2D eigenvalue weighted by atomic mass is 10.0. The number of anilines is 1. The molecule has 1 aliphatic heterocycles. The molecule has 1 aromatic rings. The molecule has 0 atom stereocenters. The predicted molar refractivity (Wildman–Crippen MR) is 45.3 cm³/mol. The molecule has 11 heavy (non-hydrogen) atoms. The van der Waals surface area contributed by atoms with Gasteiger partial charge in [-0.15, -0.1) is 0 Å². The van der Waals surface area contributed by atoms with E-state index in [0.29, 0.717) is 0 Å². The zero-order chi connectivity index (χ0) is 7.68. The number of nitrogen functional groups attached to an aromatic ring is 1. The summed E-state index contributed by atoms with van der Waals surface area (Å²) in [4.78, 5) is 0. The number of hydrogen-bond donors (Lipinski definition) is 1. The van der Waals surface area contributed by atoms with Crippen LogP contribution in [0.5, 0.6) is 0 Å². The van der Waals surface area contributed by atoms with E-state index in [2.05, 4.69) is 17.4 Å². The van der Waals surface area contributed by atoms with E-state index >= 15 is 0 Å². The number of benzene rings is 1. The predicted octanol–water partition coefficient (Wildman–Crippen LogP) is 0.929. The summed E-state index contributed by atoms with van der Waals surface area (Å²) in [6.45, 7) is 1.83. The van der Waals surface area contributed by atoms with Gasteiger partial charge in [0.2, 0.25) is 0 Å². The summed E-state index contributed by atoms with van der Waals surface area (Å²) < 4.78 is 0. The Hall–Kier alpha value is -1.02. The van der Waals surface area contributed by atoms with Gasteiger partial charge in [-0.25, -0.2) is 5.32 Å². The molecule has 0 aromatic heterocycles. The van der Waals surface area contributed by atoms with Crippen LogP contribution in [0.4, 0.5) is 5.69 Å². The van der Waals surface area contributed by atoms with Crippen LogP contribution in [0.25, 0.3) is 0 Å². The van der Waals surface area contributed by atoms with Gasteiger partial charge in [-0.3, -0.25) is 0 Å². The Balaban J connectivity index is 2.43. The molecule has 0 spiro atoms. The van der Waals surface area contributed by atoms with Crippen molar-refractivity contribution >= 4 is 5.69 Å². The van der Waals surface area contributed by atoms with Crippen molar-refractivity contribution in [3.8, 4) is 0 Å². The van der Waals surface area contributed by atoms with E-state index in [-0.39, 0.29) is 0 Å². The quantitative estimate of drug-likeness (QED) is 0.545. The monoisotopic (exact) mass is 147 g/mol. The first kappa shape index (κ1) is 6.68. The van der Waals surface area contributed by atoms with Crippen molar-refractivity contribution in [3.63, 3.8) is 0 Å². The molecular weight excluding hydrogens is 136 g/mol. The summed E-state index contributed by atoms with van der Waals surface area (Å²) >= 11 is 0. The lowest BCUT2D eigenvalue weighted by Crippen LogP contribution is -2.17. The van der Waals surface area contributed by atoms with E-state index in [1.54, 1.807) is 0 Å². The Labute approximate surface area is 66.4 Å². The van der Waals surface area contributed by atoms with Crippen molar-refractivity contribution in [2.75, 3.05) is 12.3 Å². The molecule has 2 N–H and O–H groups in total. The minimum absolute atomic E-state index is 0.866. The van der Waals surface area contributed by atoms with E-state index in [9.17, 15) is 0 Å². The molecule has 0 saturated carbocycles. The number of fused-ring (bicyclic) bond motifs is 1. The van der Waals surface area contributed by atoms with Gasteiger partial charge in [-0.05, 0) is 29.7 Å². The summed E-state index contributed by atoms with van der Waals surface area (Å²) in [7, 11) is 0. The highest BCUT2D eigenvalue weighted by molar-refractivity contribution is 5.45. The Morgan fingerprint density at radius 2 is 2.18 bits per heavy atom. The van der Waals surface area contributed by atoms with Gasteiger partial charge >= 0.3 is 0 Å². The van der Waals surface area contributed by atoms with Gasteiger partial charge in [0.05, 0.1) is 0 Å². The molecular formula is C9H11N2. The molecule has 0 aliphatic carbocycles. The lowest BCUT2D eigenvalue weighted by molar-refractivity contribution is 0.630. The molecule has 1 aromatic carbocycles. The zero-order valence-corrected chi connectivity index (χ0v) is 6.38. The van der Waals surface area contributed by atoms with Crippen LogP contribution in [0.2, 0.25) is 0 Å². The van der Waals surface area contributed by atoms with Crippen LogP contribution in [0, 0.1) is 0 Å². The first-order valence-electron chi connectivity index (χ1n) is 3.87. The van der Waals surface area contributed by atoms with Gasteiger partial charge in [-0.1, -0.05) is 6.07 Å². The van der Waals surface area contributed by atoms with Crippen molar-refractivity contribution in [2.45, 2.75) is 13.0 Å². The standard InChI is InChI=1S/C9H11N2/c10-9-2-1-8-6-11-4-3-7(8)5-9/h1-2,5H,3-4,6,10H2. The lowest BCUT2D eigenvalue weighted by Gasteiger charge is -2.15. The van der Waals surface area contributed by atoms with Crippen molar-refractivity contribution in [1.82, 2.24) is 5.32 Å². The smallest absolute Gasteiger partial charge is 0.0387 e. The van der Waals surface area contributed by atoms with E-state index < -0.39 is 0 Å². The zero-order valence-electron chi connectivity index (χ0n) is 6.38. The van der Waals surface area contributed by atoms with Crippen LogP contribution in [-0.4, -0.2) is 6.54 Å². The van der Waals surface area contributed by atoms with Crippen LogP contribution in [0.1, 0.15) is 11.1 Å². The molecule has 0 bridgehead atoms. The van der Waals surface area contributed by atoms with Crippen LogP contribution >= 0.6 is 0 Å². The first-order chi connectivity index (χ1) is 5.36. The topological polar surface area (TPSA) is 40.1 Å². The van der Waals surface area contributed by atoms with E-state index in [0.717, 1.165) is 25.2 Å². The fraction of sp³-hybridized carbons (Fsp3) is 0.333. The van der Waals surface area contributed by atoms with Crippen molar-refractivity contribution in [2.24, 2.45) is 0 Å². The fourth-order valence-electron chi connectivity index (χ4n) is 1.43. The Morgan fingerprint density at radius 3 is 3.09 bits per heavy atom.